The molecule has 1 aliphatic heterocycles. The molecule has 0 saturated carbocycles. The SMILES string of the molecule is Cc1cc(NC(=O)c2c3c(cn2C)S(=O)NC(C)CC3)ccc1F. The Kier molecular flexibility index (Phi) is 4.56. The summed E-state index contributed by atoms with van der Waals surface area (Å²) in [6.45, 7) is 3.63. The van der Waals surface area contributed by atoms with Crippen LogP contribution in [0.15, 0.2) is 29.3 Å². The van der Waals surface area contributed by atoms with Crippen LogP contribution < -0.4 is 10.0 Å². The number of aromatic nitrogens is 1. The van der Waals surface area contributed by atoms with Gasteiger partial charge < -0.3 is 9.88 Å². The zero-order chi connectivity index (χ0) is 17.4. The van der Waals surface area contributed by atoms with E-state index in [1.165, 1.54) is 12.1 Å². The van der Waals surface area contributed by atoms with E-state index in [0.717, 1.165) is 12.0 Å². The molecule has 1 aromatic carbocycles. The first-order valence-corrected chi connectivity index (χ1v) is 8.95. The van der Waals surface area contributed by atoms with E-state index in [-0.39, 0.29) is 17.8 Å². The van der Waals surface area contributed by atoms with Gasteiger partial charge in [-0.15, -0.1) is 0 Å². The molecule has 1 amide bonds. The minimum absolute atomic E-state index is 0.124. The predicted molar refractivity (Wildman–Crippen MR) is 91.8 cm³/mol. The Morgan fingerprint density at radius 2 is 2.21 bits per heavy atom. The van der Waals surface area contributed by atoms with Crippen molar-refractivity contribution in [2.45, 2.75) is 37.6 Å². The largest absolute Gasteiger partial charge is 0.345 e. The van der Waals surface area contributed by atoms with Crippen LogP contribution in [-0.2, 0) is 24.5 Å². The van der Waals surface area contributed by atoms with E-state index in [0.29, 0.717) is 28.3 Å². The number of nitrogens with zero attached hydrogens (tertiary/aromatic N) is 1. The summed E-state index contributed by atoms with van der Waals surface area (Å²) in [6.07, 6.45) is 3.22. The number of hydrogen-bond donors (Lipinski definition) is 2. The molecule has 5 nitrogen and oxygen atoms in total. The molecular formula is C17H20FN3O2S. The van der Waals surface area contributed by atoms with E-state index in [4.69, 9.17) is 0 Å². The summed E-state index contributed by atoms with van der Waals surface area (Å²) in [7, 11) is 0.442. The van der Waals surface area contributed by atoms with Gasteiger partial charge in [0.25, 0.3) is 5.91 Å². The Labute approximate surface area is 142 Å². The van der Waals surface area contributed by atoms with Crippen molar-refractivity contribution in [1.82, 2.24) is 9.29 Å². The number of anilines is 1. The molecule has 2 heterocycles. The molecule has 0 aliphatic carbocycles. The topological polar surface area (TPSA) is 63.1 Å². The smallest absolute Gasteiger partial charge is 0.272 e. The molecule has 3 rings (SSSR count). The van der Waals surface area contributed by atoms with Gasteiger partial charge in [0.15, 0.2) is 0 Å². The Bertz CT molecular complexity index is 831. The van der Waals surface area contributed by atoms with Crippen LogP contribution in [-0.4, -0.2) is 20.7 Å². The maximum Gasteiger partial charge on any atom is 0.272 e. The lowest BCUT2D eigenvalue weighted by Crippen LogP contribution is -2.26. The summed E-state index contributed by atoms with van der Waals surface area (Å²) in [4.78, 5) is 13.4. The van der Waals surface area contributed by atoms with Gasteiger partial charge in [-0.1, -0.05) is 0 Å². The van der Waals surface area contributed by atoms with Crippen LogP contribution in [0.4, 0.5) is 10.1 Å². The summed E-state index contributed by atoms with van der Waals surface area (Å²) in [6, 6.07) is 4.58. The zero-order valence-electron chi connectivity index (χ0n) is 13.9. The quantitative estimate of drug-likeness (QED) is 0.876. The first-order valence-electron chi connectivity index (χ1n) is 7.80. The molecule has 0 saturated heterocycles. The monoisotopic (exact) mass is 349 g/mol. The number of halogens is 1. The first-order chi connectivity index (χ1) is 11.4. The van der Waals surface area contributed by atoms with Crippen LogP contribution in [0.5, 0.6) is 0 Å². The Hall–Kier alpha value is -1.99. The number of fused-ring (bicyclic) bond motifs is 1. The molecule has 0 radical (unpaired) electrons. The highest BCUT2D eigenvalue weighted by Crippen LogP contribution is 2.26. The highest BCUT2D eigenvalue weighted by molar-refractivity contribution is 7.83. The van der Waals surface area contributed by atoms with E-state index in [1.807, 2.05) is 6.92 Å². The number of benzene rings is 1. The van der Waals surface area contributed by atoms with Crippen LogP contribution >= 0.6 is 0 Å². The molecule has 1 aliphatic rings. The molecule has 24 heavy (non-hydrogen) atoms. The number of aryl methyl sites for hydroxylation is 2. The lowest BCUT2D eigenvalue weighted by Gasteiger charge is -2.10. The van der Waals surface area contributed by atoms with Gasteiger partial charge in [0, 0.05) is 30.5 Å². The molecule has 2 unspecified atom stereocenters. The molecule has 2 atom stereocenters. The van der Waals surface area contributed by atoms with Gasteiger partial charge in [0.1, 0.15) is 22.5 Å². The molecule has 2 aromatic rings. The number of nitrogens with one attached hydrogen (secondary N) is 2. The van der Waals surface area contributed by atoms with Gasteiger partial charge in [-0.25, -0.2) is 13.3 Å². The fraction of sp³-hybridized carbons (Fsp3) is 0.353. The molecule has 0 spiro atoms. The number of hydrogen-bond acceptors (Lipinski definition) is 2. The highest BCUT2D eigenvalue weighted by Gasteiger charge is 2.27. The molecule has 2 N–H and O–H groups in total. The summed E-state index contributed by atoms with van der Waals surface area (Å²) in [5, 5.41) is 2.80. The third-order valence-electron chi connectivity index (χ3n) is 4.21. The van der Waals surface area contributed by atoms with Crippen molar-refractivity contribution in [1.29, 1.82) is 0 Å². The predicted octanol–water partition coefficient (Wildman–Crippen LogP) is 2.67. The second-order valence-corrected chi connectivity index (χ2v) is 7.39. The van der Waals surface area contributed by atoms with Gasteiger partial charge >= 0.3 is 0 Å². The first kappa shape index (κ1) is 16.9. The van der Waals surface area contributed by atoms with Crippen LogP contribution in [0.25, 0.3) is 0 Å². The standard InChI is InChI=1S/C17H20FN3O2S/c1-10-8-12(5-7-14(10)18)19-17(22)16-13-6-4-11(2)20-24(23)15(13)9-21(16)3/h5,7-9,11,20H,4,6H2,1-3H3,(H,19,22). The second-order valence-electron chi connectivity index (χ2n) is 6.18. The average Bonchev–Trinajstić information content (AvgIpc) is 2.78. The number of rotatable bonds is 2. The maximum atomic E-state index is 13.4. The number of amides is 1. The van der Waals surface area contributed by atoms with Crippen LogP contribution in [0.1, 0.15) is 35.0 Å². The van der Waals surface area contributed by atoms with Crippen LogP contribution in [0.2, 0.25) is 0 Å². The number of carbonyl (C=O) groups excluding carboxylic acids is 1. The van der Waals surface area contributed by atoms with E-state index < -0.39 is 11.0 Å². The van der Waals surface area contributed by atoms with Gasteiger partial charge in [-0.3, -0.25) is 4.79 Å². The fourth-order valence-corrected chi connectivity index (χ4v) is 4.21. The fourth-order valence-electron chi connectivity index (χ4n) is 2.93. The van der Waals surface area contributed by atoms with Crippen molar-refractivity contribution < 1.29 is 13.4 Å². The van der Waals surface area contributed by atoms with Crippen molar-refractivity contribution in [3.05, 3.63) is 47.0 Å². The van der Waals surface area contributed by atoms with Crippen molar-refractivity contribution in [2.24, 2.45) is 7.05 Å². The molecule has 128 valence electrons. The Morgan fingerprint density at radius 3 is 2.92 bits per heavy atom. The van der Waals surface area contributed by atoms with Gasteiger partial charge in [-0.2, -0.15) is 0 Å². The molecular weight excluding hydrogens is 329 g/mol. The summed E-state index contributed by atoms with van der Waals surface area (Å²) in [5.74, 6) is -0.590. The summed E-state index contributed by atoms with van der Waals surface area (Å²) < 4.78 is 30.5. The number of carbonyl (C=O) groups is 1. The van der Waals surface area contributed by atoms with Gasteiger partial charge in [0.2, 0.25) is 0 Å². The summed E-state index contributed by atoms with van der Waals surface area (Å²) >= 11 is 0. The van der Waals surface area contributed by atoms with E-state index in [2.05, 4.69) is 10.0 Å². The minimum Gasteiger partial charge on any atom is -0.345 e. The van der Waals surface area contributed by atoms with Crippen molar-refractivity contribution in [3.8, 4) is 0 Å². The van der Waals surface area contributed by atoms with Gasteiger partial charge in [0.05, 0.1) is 4.90 Å². The lowest BCUT2D eigenvalue weighted by atomic mass is 10.1. The second kappa shape index (κ2) is 6.49. The highest BCUT2D eigenvalue weighted by atomic mass is 32.2. The van der Waals surface area contributed by atoms with Crippen molar-refractivity contribution >= 4 is 22.6 Å². The van der Waals surface area contributed by atoms with E-state index >= 15 is 0 Å². The Morgan fingerprint density at radius 1 is 1.46 bits per heavy atom. The van der Waals surface area contributed by atoms with E-state index in [1.54, 1.807) is 30.8 Å². The van der Waals surface area contributed by atoms with Crippen molar-refractivity contribution in [2.75, 3.05) is 5.32 Å². The van der Waals surface area contributed by atoms with Gasteiger partial charge in [-0.05, 0) is 50.5 Å². The zero-order valence-corrected chi connectivity index (χ0v) is 14.7. The molecule has 0 fully saturated rings. The van der Waals surface area contributed by atoms with Crippen molar-refractivity contribution in [3.63, 3.8) is 0 Å². The maximum absolute atomic E-state index is 13.4. The van der Waals surface area contributed by atoms with Crippen LogP contribution in [0, 0.1) is 12.7 Å². The third-order valence-corrected chi connectivity index (χ3v) is 5.58. The molecule has 7 heteroatoms. The molecule has 1 aromatic heterocycles. The Balaban J connectivity index is 1.93. The minimum atomic E-state index is -1.32. The summed E-state index contributed by atoms with van der Waals surface area (Å²) in [5.41, 5.74) is 2.31. The normalized spacial score (nSPS) is 20.3. The average molecular weight is 349 g/mol. The van der Waals surface area contributed by atoms with Crippen LogP contribution in [0.3, 0.4) is 0 Å². The van der Waals surface area contributed by atoms with E-state index in [9.17, 15) is 13.4 Å². The lowest BCUT2D eigenvalue weighted by molar-refractivity contribution is 0.101. The molecule has 0 bridgehead atoms. The third kappa shape index (κ3) is 3.14.